The summed E-state index contributed by atoms with van der Waals surface area (Å²) in [6, 6.07) is 5.21. The lowest BCUT2D eigenvalue weighted by Gasteiger charge is -2.30. The second-order valence-electron chi connectivity index (χ2n) is 5.04. The monoisotopic (exact) mass is 258 g/mol. The Morgan fingerprint density at radius 3 is 2.79 bits per heavy atom. The first-order valence-electron chi connectivity index (χ1n) is 6.31. The molecular formula is C14H14N2O3. The Morgan fingerprint density at radius 2 is 2.05 bits per heavy atom. The first kappa shape index (κ1) is 11.9. The van der Waals surface area contributed by atoms with Gasteiger partial charge in [0.25, 0.3) is 0 Å². The minimum Gasteiger partial charge on any atom is -0.299 e. The van der Waals surface area contributed by atoms with E-state index >= 15 is 0 Å². The molecule has 3 rings (SSSR count). The normalized spacial score (nSPS) is 22.5. The summed E-state index contributed by atoms with van der Waals surface area (Å²) in [7, 11) is 0. The number of carbonyl (C=O) groups is 3. The second kappa shape index (κ2) is 4.19. The number of carbonyl (C=O) groups excluding carboxylic acids is 3. The molecule has 0 saturated carbocycles. The van der Waals surface area contributed by atoms with E-state index in [-0.39, 0.29) is 24.1 Å². The number of nitrogens with zero attached hydrogens (tertiary/aromatic N) is 1. The molecule has 19 heavy (non-hydrogen) atoms. The summed E-state index contributed by atoms with van der Waals surface area (Å²) in [5.74, 6) is -0.717. The number of fused-ring (bicyclic) bond motifs is 1. The van der Waals surface area contributed by atoms with E-state index in [1.165, 1.54) is 4.90 Å². The lowest BCUT2D eigenvalue weighted by molar-refractivity contribution is -0.135. The van der Waals surface area contributed by atoms with Crippen LogP contribution in [0.5, 0.6) is 0 Å². The maximum Gasteiger partial charge on any atom is 0.249 e. The number of rotatable bonds is 1. The molecule has 1 unspecified atom stereocenters. The third-order valence-corrected chi connectivity index (χ3v) is 3.63. The van der Waals surface area contributed by atoms with Crippen molar-refractivity contribution in [3.05, 3.63) is 29.3 Å². The molecule has 1 N–H and O–H groups in total. The van der Waals surface area contributed by atoms with Gasteiger partial charge in [-0.3, -0.25) is 24.6 Å². The van der Waals surface area contributed by atoms with Crippen LogP contribution in [0.2, 0.25) is 0 Å². The molecule has 3 amide bonds. The van der Waals surface area contributed by atoms with Crippen LogP contribution in [0.25, 0.3) is 0 Å². The Labute approximate surface area is 110 Å². The van der Waals surface area contributed by atoms with Gasteiger partial charge in [0, 0.05) is 12.1 Å². The van der Waals surface area contributed by atoms with Crippen LogP contribution in [0.1, 0.15) is 24.0 Å². The van der Waals surface area contributed by atoms with Crippen LogP contribution in [0, 0.1) is 6.92 Å². The van der Waals surface area contributed by atoms with Crippen LogP contribution in [-0.2, 0) is 20.8 Å². The minimum atomic E-state index is -0.561. The molecule has 1 saturated heterocycles. The van der Waals surface area contributed by atoms with E-state index in [1.54, 1.807) is 0 Å². The molecule has 2 aliphatic rings. The number of piperidine rings is 1. The van der Waals surface area contributed by atoms with Crippen LogP contribution in [0.15, 0.2) is 18.2 Å². The predicted molar refractivity (Wildman–Crippen MR) is 68.5 cm³/mol. The van der Waals surface area contributed by atoms with Crippen molar-refractivity contribution in [1.29, 1.82) is 0 Å². The molecule has 1 atom stereocenters. The number of benzene rings is 1. The molecular weight excluding hydrogens is 244 g/mol. The van der Waals surface area contributed by atoms with Crippen molar-refractivity contribution in [1.82, 2.24) is 5.32 Å². The number of hydrogen-bond donors (Lipinski definition) is 1. The molecule has 98 valence electrons. The van der Waals surface area contributed by atoms with Crippen molar-refractivity contribution in [2.45, 2.75) is 32.2 Å². The van der Waals surface area contributed by atoms with Crippen molar-refractivity contribution in [2.24, 2.45) is 0 Å². The van der Waals surface area contributed by atoms with E-state index in [2.05, 4.69) is 5.32 Å². The maximum absolute atomic E-state index is 12.1. The first-order valence-corrected chi connectivity index (χ1v) is 6.31. The smallest absolute Gasteiger partial charge is 0.249 e. The summed E-state index contributed by atoms with van der Waals surface area (Å²) in [6.45, 7) is 1.97. The fourth-order valence-corrected chi connectivity index (χ4v) is 2.74. The Hall–Kier alpha value is -2.17. The van der Waals surface area contributed by atoms with Gasteiger partial charge in [0.2, 0.25) is 17.7 Å². The quantitative estimate of drug-likeness (QED) is 0.754. The van der Waals surface area contributed by atoms with Gasteiger partial charge in [-0.15, -0.1) is 0 Å². The molecule has 5 nitrogen and oxygen atoms in total. The van der Waals surface area contributed by atoms with E-state index in [1.807, 2.05) is 25.1 Å². The van der Waals surface area contributed by atoms with E-state index in [0.717, 1.165) is 16.8 Å². The van der Waals surface area contributed by atoms with Gasteiger partial charge in [-0.1, -0.05) is 17.7 Å². The average molecular weight is 258 g/mol. The third kappa shape index (κ3) is 1.91. The molecule has 2 aliphatic heterocycles. The molecule has 1 fully saturated rings. The largest absolute Gasteiger partial charge is 0.299 e. The standard InChI is InChI=1S/C14H14N2O3/c1-8-2-3-10-9(6-8)7-13(18)16(10)11-4-5-12(17)15-14(11)19/h2-3,6,11H,4-5,7H2,1H3,(H,15,17,19). The number of imide groups is 1. The number of anilines is 1. The summed E-state index contributed by atoms with van der Waals surface area (Å²) < 4.78 is 0. The zero-order valence-corrected chi connectivity index (χ0v) is 10.6. The summed E-state index contributed by atoms with van der Waals surface area (Å²) in [5.41, 5.74) is 2.84. The highest BCUT2D eigenvalue weighted by molar-refractivity contribution is 6.10. The lowest BCUT2D eigenvalue weighted by atomic mass is 10.0. The van der Waals surface area contributed by atoms with Crippen LogP contribution >= 0.6 is 0 Å². The molecule has 0 aromatic heterocycles. The lowest BCUT2D eigenvalue weighted by Crippen LogP contribution is -2.53. The third-order valence-electron chi connectivity index (χ3n) is 3.63. The molecule has 0 spiro atoms. The summed E-state index contributed by atoms with van der Waals surface area (Å²) in [4.78, 5) is 36.7. The molecule has 1 aromatic carbocycles. The molecule has 2 heterocycles. The summed E-state index contributed by atoms with van der Waals surface area (Å²) >= 11 is 0. The van der Waals surface area contributed by atoms with Gasteiger partial charge >= 0.3 is 0 Å². The van der Waals surface area contributed by atoms with E-state index in [9.17, 15) is 14.4 Å². The van der Waals surface area contributed by atoms with Crippen LogP contribution in [0.3, 0.4) is 0 Å². The van der Waals surface area contributed by atoms with Gasteiger partial charge in [-0.25, -0.2) is 0 Å². The molecule has 0 bridgehead atoms. The van der Waals surface area contributed by atoms with E-state index in [4.69, 9.17) is 0 Å². The van der Waals surface area contributed by atoms with Crippen molar-refractivity contribution in [3.63, 3.8) is 0 Å². The summed E-state index contributed by atoms with van der Waals surface area (Å²) in [5, 5.41) is 2.30. The molecule has 0 aliphatic carbocycles. The van der Waals surface area contributed by atoms with E-state index in [0.29, 0.717) is 12.8 Å². The molecule has 0 radical (unpaired) electrons. The van der Waals surface area contributed by atoms with Crippen molar-refractivity contribution in [2.75, 3.05) is 4.90 Å². The van der Waals surface area contributed by atoms with Gasteiger partial charge in [-0.2, -0.15) is 0 Å². The molecule has 5 heteroatoms. The SMILES string of the molecule is Cc1ccc2c(c1)CC(=O)N2C1CCC(=O)NC1=O. The van der Waals surface area contributed by atoms with Gasteiger partial charge in [0.1, 0.15) is 6.04 Å². The van der Waals surface area contributed by atoms with Gasteiger partial charge in [0.15, 0.2) is 0 Å². The minimum absolute atomic E-state index is 0.0740. The van der Waals surface area contributed by atoms with Crippen molar-refractivity contribution in [3.8, 4) is 0 Å². The fourth-order valence-electron chi connectivity index (χ4n) is 2.74. The topological polar surface area (TPSA) is 66.5 Å². The Kier molecular flexibility index (Phi) is 2.62. The van der Waals surface area contributed by atoms with Gasteiger partial charge < -0.3 is 0 Å². The molecule has 1 aromatic rings. The van der Waals surface area contributed by atoms with Crippen LogP contribution < -0.4 is 10.2 Å². The number of amides is 3. The average Bonchev–Trinajstić information content (AvgIpc) is 2.65. The van der Waals surface area contributed by atoms with Gasteiger partial charge in [-0.05, 0) is 25.0 Å². The Balaban J connectivity index is 1.96. The predicted octanol–water partition coefficient (Wildman–Crippen LogP) is 0.689. The number of hydrogen-bond acceptors (Lipinski definition) is 3. The van der Waals surface area contributed by atoms with Crippen molar-refractivity contribution < 1.29 is 14.4 Å². The Morgan fingerprint density at radius 1 is 1.26 bits per heavy atom. The second-order valence-corrected chi connectivity index (χ2v) is 5.04. The Bertz CT molecular complexity index is 594. The summed E-state index contributed by atoms with van der Waals surface area (Å²) in [6.07, 6.45) is 1.000. The zero-order valence-electron chi connectivity index (χ0n) is 10.6. The zero-order chi connectivity index (χ0) is 13.6. The maximum atomic E-state index is 12.1. The number of nitrogens with one attached hydrogen (secondary N) is 1. The van der Waals surface area contributed by atoms with Gasteiger partial charge in [0.05, 0.1) is 6.42 Å². The highest BCUT2D eigenvalue weighted by atomic mass is 16.2. The first-order chi connectivity index (χ1) is 9.06. The number of aryl methyl sites for hydroxylation is 1. The van der Waals surface area contributed by atoms with Crippen LogP contribution in [0.4, 0.5) is 5.69 Å². The van der Waals surface area contributed by atoms with E-state index < -0.39 is 6.04 Å². The highest BCUT2D eigenvalue weighted by Gasteiger charge is 2.39. The van der Waals surface area contributed by atoms with Crippen molar-refractivity contribution >= 4 is 23.4 Å². The fraction of sp³-hybridized carbons (Fsp3) is 0.357. The van der Waals surface area contributed by atoms with Crippen LogP contribution in [-0.4, -0.2) is 23.8 Å². The highest BCUT2D eigenvalue weighted by Crippen LogP contribution is 2.33.